The van der Waals surface area contributed by atoms with Gasteiger partial charge in [-0.2, -0.15) is 11.3 Å². The summed E-state index contributed by atoms with van der Waals surface area (Å²) in [7, 11) is 0. The van der Waals surface area contributed by atoms with Gasteiger partial charge in [0.25, 0.3) is 0 Å². The predicted octanol–water partition coefficient (Wildman–Crippen LogP) is 3.42. The molecule has 3 heteroatoms. The molecule has 0 spiro atoms. The van der Waals surface area contributed by atoms with Gasteiger partial charge in [-0.15, -0.1) is 0 Å². The second-order valence-corrected chi connectivity index (χ2v) is 3.30. The summed E-state index contributed by atoms with van der Waals surface area (Å²) in [6, 6.07) is 12.1. The highest BCUT2D eigenvalue weighted by molar-refractivity contribution is 7.07. The number of hydrogen-bond donors (Lipinski definition) is 1. The van der Waals surface area contributed by atoms with Crippen LogP contribution in [0.3, 0.4) is 0 Å². The standard InChI is InChI=1S/C8H8S.C4H5NO/c1-2-4-6-8-9-7-5-3-1;1-2-4-6-5-3-1/h1-8H;1-5H. The molecular weight excluding hydrogens is 206 g/mol. The Labute approximate surface area is 93.8 Å². The minimum atomic E-state index is 1.57. The Kier molecular flexibility index (Phi) is 6.68. The molecule has 2 heterocycles. The number of nitrogens with one attached hydrogen (secondary N) is 1. The molecule has 0 saturated carbocycles. The van der Waals surface area contributed by atoms with Gasteiger partial charge in [0.2, 0.25) is 0 Å². The molecule has 0 atom stereocenters. The van der Waals surface area contributed by atoms with Crippen LogP contribution < -0.4 is 5.48 Å². The molecule has 0 fully saturated rings. The first-order valence-electron chi connectivity index (χ1n) is 4.53. The normalized spacial score (nSPS) is 11.2. The fourth-order valence-electron chi connectivity index (χ4n) is 0.741. The molecule has 1 aliphatic heterocycles. The molecule has 1 aromatic heterocycles. The molecule has 0 amide bonds. The van der Waals surface area contributed by atoms with Crippen LogP contribution in [0.25, 0.3) is 0 Å². The van der Waals surface area contributed by atoms with E-state index in [0.29, 0.717) is 0 Å². The first-order chi connectivity index (χ1) is 7.50. The fraction of sp³-hybridized carbons (Fsp3) is 0. The van der Waals surface area contributed by atoms with Gasteiger partial charge in [0, 0.05) is 6.20 Å². The summed E-state index contributed by atoms with van der Waals surface area (Å²) in [6.45, 7) is 0. The largest absolute Gasteiger partial charge is 0.391 e. The van der Waals surface area contributed by atoms with Crippen LogP contribution in [-0.4, -0.2) is 0 Å². The van der Waals surface area contributed by atoms with Crippen molar-refractivity contribution in [2.45, 2.75) is 0 Å². The summed E-state index contributed by atoms with van der Waals surface area (Å²) in [5, 5.41) is 4.08. The molecule has 2 nitrogen and oxygen atoms in total. The Morgan fingerprint density at radius 2 is 1.47 bits per heavy atom. The van der Waals surface area contributed by atoms with E-state index in [1.54, 1.807) is 29.9 Å². The van der Waals surface area contributed by atoms with Crippen molar-refractivity contribution in [3.63, 3.8) is 0 Å². The van der Waals surface area contributed by atoms with Crippen molar-refractivity contribution in [3.05, 3.63) is 71.8 Å². The van der Waals surface area contributed by atoms with E-state index in [9.17, 15) is 0 Å². The Morgan fingerprint density at radius 1 is 0.800 bits per heavy atom. The summed E-state index contributed by atoms with van der Waals surface area (Å²) < 4.78 is 0. The number of rotatable bonds is 0. The zero-order valence-electron chi connectivity index (χ0n) is 8.24. The summed E-state index contributed by atoms with van der Waals surface area (Å²) in [5.41, 5.74) is 2.52. The SMILES string of the molecule is C1=CNOC=C1.c1ccccsccc1. The lowest BCUT2D eigenvalue weighted by Gasteiger charge is -1.97. The lowest BCUT2D eigenvalue weighted by Crippen LogP contribution is -2.01. The molecule has 0 bridgehead atoms. The molecule has 15 heavy (non-hydrogen) atoms. The van der Waals surface area contributed by atoms with Gasteiger partial charge in [-0.25, -0.2) is 5.48 Å². The molecule has 1 aromatic rings. The maximum atomic E-state index is 4.55. The van der Waals surface area contributed by atoms with Crippen LogP contribution in [0.4, 0.5) is 0 Å². The van der Waals surface area contributed by atoms with Crippen molar-refractivity contribution in [3.8, 4) is 0 Å². The van der Waals surface area contributed by atoms with Gasteiger partial charge in [0.1, 0.15) is 6.26 Å². The van der Waals surface area contributed by atoms with Crippen molar-refractivity contribution in [2.24, 2.45) is 0 Å². The highest BCUT2D eigenvalue weighted by Gasteiger charge is 1.72. The van der Waals surface area contributed by atoms with E-state index in [1.165, 1.54) is 0 Å². The highest BCUT2D eigenvalue weighted by atomic mass is 32.1. The summed E-state index contributed by atoms with van der Waals surface area (Å²) in [4.78, 5) is 4.55. The highest BCUT2D eigenvalue weighted by Crippen LogP contribution is 1.88. The molecular formula is C12H13NOS. The van der Waals surface area contributed by atoms with Gasteiger partial charge in [0.05, 0.1) is 0 Å². The number of allylic oxidation sites excluding steroid dienone is 2. The van der Waals surface area contributed by atoms with Crippen LogP contribution in [-0.2, 0) is 4.84 Å². The molecule has 78 valence electrons. The topological polar surface area (TPSA) is 21.3 Å². The molecule has 1 N–H and O–H groups in total. The maximum absolute atomic E-state index is 4.55. The van der Waals surface area contributed by atoms with Crippen LogP contribution in [0.5, 0.6) is 0 Å². The Hall–Kier alpha value is -1.74. The monoisotopic (exact) mass is 219 g/mol. The van der Waals surface area contributed by atoms with Gasteiger partial charge in [0.15, 0.2) is 0 Å². The Balaban J connectivity index is 0.000000162. The van der Waals surface area contributed by atoms with Crippen molar-refractivity contribution >= 4 is 11.3 Å². The van der Waals surface area contributed by atoms with E-state index in [2.05, 4.69) is 10.3 Å². The lowest BCUT2D eigenvalue weighted by atomic mass is 10.5. The third kappa shape index (κ3) is 7.34. The summed E-state index contributed by atoms with van der Waals surface area (Å²) in [6.07, 6.45) is 6.93. The van der Waals surface area contributed by atoms with Gasteiger partial charge < -0.3 is 4.84 Å². The molecule has 0 unspecified atom stereocenters. The van der Waals surface area contributed by atoms with Crippen LogP contribution in [0.1, 0.15) is 0 Å². The second kappa shape index (κ2) is 8.84. The maximum Gasteiger partial charge on any atom is 0.119 e. The van der Waals surface area contributed by atoms with Crippen LogP contribution in [0, 0.1) is 0 Å². The lowest BCUT2D eigenvalue weighted by molar-refractivity contribution is 0.172. The molecule has 0 saturated heterocycles. The Morgan fingerprint density at radius 3 is 1.87 bits per heavy atom. The van der Waals surface area contributed by atoms with Gasteiger partial charge in [-0.3, -0.25) is 0 Å². The Bertz CT molecular complexity index is 269. The van der Waals surface area contributed by atoms with Crippen molar-refractivity contribution in [1.29, 1.82) is 0 Å². The van der Waals surface area contributed by atoms with Crippen LogP contribution in [0.15, 0.2) is 71.8 Å². The van der Waals surface area contributed by atoms with E-state index in [4.69, 9.17) is 0 Å². The van der Waals surface area contributed by atoms with Crippen molar-refractivity contribution in [1.82, 2.24) is 5.48 Å². The van der Waals surface area contributed by atoms with E-state index in [1.807, 2.05) is 53.2 Å². The van der Waals surface area contributed by atoms with Crippen molar-refractivity contribution in [2.75, 3.05) is 0 Å². The molecule has 0 radical (unpaired) electrons. The predicted molar refractivity (Wildman–Crippen MR) is 64.4 cm³/mol. The van der Waals surface area contributed by atoms with E-state index >= 15 is 0 Å². The average Bonchev–Trinajstić information content (AvgIpc) is 2.47. The zero-order valence-corrected chi connectivity index (χ0v) is 9.06. The molecule has 2 rings (SSSR count). The minimum Gasteiger partial charge on any atom is -0.391 e. The quantitative estimate of drug-likeness (QED) is 0.722. The molecule has 0 aromatic carbocycles. The van der Waals surface area contributed by atoms with Gasteiger partial charge in [-0.1, -0.05) is 36.4 Å². The second-order valence-electron chi connectivity index (χ2n) is 2.49. The molecule has 0 aliphatic carbocycles. The molecule has 1 aliphatic rings. The van der Waals surface area contributed by atoms with Crippen LogP contribution >= 0.6 is 11.3 Å². The van der Waals surface area contributed by atoms with Gasteiger partial charge in [-0.05, 0) is 22.9 Å². The number of hydroxylamine groups is 1. The van der Waals surface area contributed by atoms with Gasteiger partial charge >= 0.3 is 0 Å². The van der Waals surface area contributed by atoms with Crippen LogP contribution in [0.2, 0.25) is 0 Å². The smallest absolute Gasteiger partial charge is 0.119 e. The third-order valence-corrected chi connectivity index (χ3v) is 1.99. The van der Waals surface area contributed by atoms with E-state index < -0.39 is 0 Å². The van der Waals surface area contributed by atoms with E-state index in [-0.39, 0.29) is 0 Å². The van der Waals surface area contributed by atoms with Crippen molar-refractivity contribution < 1.29 is 4.84 Å². The fourth-order valence-corrected chi connectivity index (χ4v) is 1.20. The average molecular weight is 219 g/mol. The summed E-state index contributed by atoms with van der Waals surface area (Å²) in [5.74, 6) is 0. The first-order valence-corrected chi connectivity index (χ1v) is 5.48. The minimum absolute atomic E-state index is 1.57. The number of hydrogen-bond acceptors (Lipinski definition) is 3. The third-order valence-electron chi connectivity index (χ3n) is 1.36. The summed E-state index contributed by atoms with van der Waals surface area (Å²) >= 11 is 1.68. The zero-order chi connectivity index (χ0) is 10.6. The van der Waals surface area contributed by atoms with E-state index in [0.717, 1.165) is 0 Å². The first kappa shape index (κ1) is 11.3.